The van der Waals surface area contributed by atoms with E-state index in [1.165, 1.54) is 14.2 Å². The molecular weight excluding hydrogens is 222 g/mol. The van der Waals surface area contributed by atoms with Crippen molar-refractivity contribution in [3.63, 3.8) is 0 Å². The second kappa shape index (κ2) is 5.18. The number of methoxy groups -OCH3 is 2. The molecule has 0 saturated heterocycles. The van der Waals surface area contributed by atoms with Crippen LogP contribution in [0.5, 0.6) is 11.8 Å². The number of aliphatic hydroxyl groups is 1. The molecule has 1 aromatic heterocycles. The monoisotopic (exact) mass is 241 g/mol. The second-order valence-electron chi connectivity index (χ2n) is 4.28. The van der Waals surface area contributed by atoms with E-state index in [2.05, 4.69) is 9.97 Å². The molecule has 0 saturated carbocycles. The lowest BCUT2D eigenvalue weighted by molar-refractivity contribution is 0.214. The van der Waals surface area contributed by atoms with Crippen LogP contribution in [0.1, 0.15) is 13.8 Å². The quantitative estimate of drug-likeness (QED) is 0.818. The minimum atomic E-state index is -0.461. The Labute approximate surface area is 101 Å². The Morgan fingerprint density at radius 2 is 1.71 bits per heavy atom. The molecule has 0 unspecified atom stereocenters. The maximum atomic E-state index is 9.32. The summed E-state index contributed by atoms with van der Waals surface area (Å²) in [5.74, 6) is 1.29. The summed E-state index contributed by atoms with van der Waals surface area (Å²) >= 11 is 0. The highest BCUT2D eigenvalue weighted by Crippen LogP contribution is 2.23. The van der Waals surface area contributed by atoms with Crippen LogP contribution in [0.15, 0.2) is 6.07 Å². The molecule has 1 aromatic rings. The largest absolute Gasteiger partial charge is 0.481 e. The van der Waals surface area contributed by atoms with Crippen LogP contribution in [0.2, 0.25) is 0 Å². The lowest BCUT2D eigenvalue weighted by atomic mass is 10.1. The van der Waals surface area contributed by atoms with Crippen molar-refractivity contribution in [2.24, 2.45) is 0 Å². The van der Waals surface area contributed by atoms with E-state index in [4.69, 9.17) is 9.47 Å². The van der Waals surface area contributed by atoms with E-state index in [1.807, 2.05) is 20.9 Å². The molecule has 96 valence electrons. The zero-order chi connectivity index (χ0) is 13.1. The summed E-state index contributed by atoms with van der Waals surface area (Å²) in [6.07, 6.45) is 0. The average Bonchev–Trinajstić information content (AvgIpc) is 2.36. The molecule has 6 heteroatoms. The molecule has 0 bridgehead atoms. The van der Waals surface area contributed by atoms with Gasteiger partial charge in [-0.15, -0.1) is 0 Å². The van der Waals surface area contributed by atoms with Crippen LogP contribution >= 0.6 is 0 Å². The van der Waals surface area contributed by atoms with Gasteiger partial charge in [-0.1, -0.05) is 0 Å². The number of rotatable bonds is 5. The van der Waals surface area contributed by atoms with Crippen molar-refractivity contribution < 1.29 is 14.6 Å². The topological polar surface area (TPSA) is 67.7 Å². The van der Waals surface area contributed by atoms with Gasteiger partial charge in [0, 0.05) is 7.05 Å². The van der Waals surface area contributed by atoms with Crippen molar-refractivity contribution >= 4 is 5.95 Å². The minimum absolute atomic E-state index is 0.00755. The van der Waals surface area contributed by atoms with Crippen LogP contribution in [-0.2, 0) is 0 Å². The summed E-state index contributed by atoms with van der Waals surface area (Å²) in [5.41, 5.74) is -0.461. The van der Waals surface area contributed by atoms with Gasteiger partial charge in [-0.3, -0.25) is 0 Å². The molecule has 0 fully saturated rings. The van der Waals surface area contributed by atoms with Gasteiger partial charge in [0.25, 0.3) is 0 Å². The molecule has 0 radical (unpaired) electrons. The highest BCUT2D eigenvalue weighted by atomic mass is 16.5. The molecule has 1 rings (SSSR count). The van der Waals surface area contributed by atoms with Crippen molar-refractivity contribution in [1.82, 2.24) is 9.97 Å². The summed E-state index contributed by atoms with van der Waals surface area (Å²) < 4.78 is 10.1. The molecule has 1 N–H and O–H groups in total. The average molecular weight is 241 g/mol. The van der Waals surface area contributed by atoms with Crippen molar-refractivity contribution in [2.45, 2.75) is 19.4 Å². The van der Waals surface area contributed by atoms with E-state index in [-0.39, 0.29) is 6.61 Å². The van der Waals surface area contributed by atoms with Crippen molar-refractivity contribution in [1.29, 1.82) is 0 Å². The van der Waals surface area contributed by atoms with Crippen LogP contribution < -0.4 is 14.4 Å². The summed E-state index contributed by atoms with van der Waals surface area (Å²) in [5, 5.41) is 9.32. The van der Waals surface area contributed by atoms with Gasteiger partial charge in [0.05, 0.1) is 32.4 Å². The van der Waals surface area contributed by atoms with Crippen molar-refractivity contribution in [3.05, 3.63) is 6.07 Å². The first kappa shape index (κ1) is 13.5. The fourth-order valence-electron chi connectivity index (χ4n) is 1.13. The highest BCUT2D eigenvalue weighted by molar-refractivity contribution is 5.38. The van der Waals surface area contributed by atoms with Crippen LogP contribution in [0.4, 0.5) is 5.95 Å². The predicted molar refractivity (Wildman–Crippen MR) is 64.7 cm³/mol. The first-order valence-corrected chi connectivity index (χ1v) is 5.26. The lowest BCUT2D eigenvalue weighted by Gasteiger charge is -2.33. The molecule has 17 heavy (non-hydrogen) atoms. The first-order chi connectivity index (χ1) is 7.94. The number of likely N-dealkylation sites (N-methyl/N-ethyl adjacent to an activating group) is 1. The van der Waals surface area contributed by atoms with E-state index in [0.29, 0.717) is 17.7 Å². The number of aromatic nitrogens is 2. The van der Waals surface area contributed by atoms with Crippen molar-refractivity contribution in [3.8, 4) is 11.8 Å². The van der Waals surface area contributed by atoms with E-state index in [0.717, 1.165) is 0 Å². The Bertz CT molecular complexity index is 360. The fourth-order valence-corrected chi connectivity index (χ4v) is 1.13. The van der Waals surface area contributed by atoms with E-state index in [9.17, 15) is 5.11 Å². The van der Waals surface area contributed by atoms with E-state index in [1.54, 1.807) is 11.0 Å². The fraction of sp³-hybridized carbons (Fsp3) is 0.636. The smallest absolute Gasteiger partial charge is 0.232 e. The molecule has 0 aliphatic rings. The zero-order valence-electron chi connectivity index (χ0n) is 10.9. The van der Waals surface area contributed by atoms with Gasteiger partial charge in [-0.25, -0.2) is 0 Å². The SMILES string of the molecule is COc1cc(OC)nc(N(C)C(C)(C)CO)n1. The lowest BCUT2D eigenvalue weighted by Crippen LogP contribution is -2.45. The Kier molecular flexibility index (Phi) is 4.11. The number of ether oxygens (including phenoxy) is 2. The predicted octanol–water partition coefficient (Wildman–Crippen LogP) is 0.701. The summed E-state index contributed by atoms with van der Waals surface area (Å²) in [6, 6.07) is 1.60. The van der Waals surface area contributed by atoms with Gasteiger partial charge in [-0.05, 0) is 13.8 Å². The Morgan fingerprint density at radius 3 is 2.06 bits per heavy atom. The summed E-state index contributed by atoms with van der Waals surface area (Å²) in [6.45, 7) is 3.77. The maximum Gasteiger partial charge on any atom is 0.232 e. The Balaban J connectivity index is 3.12. The second-order valence-corrected chi connectivity index (χ2v) is 4.28. The molecule has 6 nitrogen and oxygen atoms in total. The van der Waals surface area contributed by atoms with Gasteiger partial charge in [0.2, 0.25) is 17.7 Å². The van der Waals surface area contributed by atoms with Crippen LogP contribution in [0.3, 0.4) is 0 Å². The third-order valence-electron chi connectivity index (χ3n) is 2.68. The van der Waals surface area contributed by atoms with Crippen LogP contribution in [0, 0.1) is 0 Å². The summed E-state index contributed by atoms with van der Waals surface area (Å²) in [7, 11) is 4.87. The molecule has 1 heterocycles. The van der Waals surface area contributed by atoms with Gasteiger partial charge in [-0.2, -0.15) is 9.97 Å². The van der Waals surface area contributed by atoms with E-state index < -0.39 is 5.54 Å². The first-order valence-electron chi connectivity index (χ1n) is 5.26. The number of nitrogens with zero attached hydrogens (tertiary/aromatic N) is 3. The third-order valence-corrected chi connectivity index (χ3v) is 2.68. The van der Waals surface area contributed by atoms with E-state index >= 15 is 0 Å². The normalized spacial score (nSPS) is 11.2. The van der Waals surface area contributed by atoms with Crippen LogP contribution in [-0.4, -0.2) is 48.5 Å². The molecule has 0 aliphatic heterocycles. The minimum Gasteiger partial charge on any atom is -0.481 e. The Hall–Kier alpha value is -1.56. The molecule has 0 aromatic carbocycles. The zero-order valence-corrected chi connectivity index (χ0v) is 10.9. The third kappa shape index (κ3) is 2.97. The summed E-state index contributed by atoms with van der Waals surface area (Å²) in [4.78, 5) is 10.2. The van der Waals surface area contributed by atoms with Crippen LogP contribution in [0.25, 0.3) is 0 Å². The molecule has 0 amide bonds. The van der Waals surface area contributed by atoms with Crippen molar-refractivity contribution in [2.75, 3.05) is 32.8 Å². The number of aliphatic hydroxyl groups excluding tert-OH is 1. The maximum absolute atomic E-state index is 9.32. The molecule has 0 aliphatic carbocycles. The highest BCUT2D eigenvalue weighted by Gasteiger charge is 2.25. The number of hydrogen-bond acceptors (Lipinski definition) is 6. The molecular formula is C11H19N3O3. The van der Waals surface area contributed by atoms with Gasteiger partial charge in [0.15, 0.2) is 0 Å². The number of hydrogen-bond donors (Lipinski definition) is 1. The number of anilines is 1. The molecule has 0 atom stereocenters. The van der Waals surface area contributed by atoms with Gasteiger partial charge in [0.1, 0.15) is 0 Å². The standard InChI is InChI=1S/C11H19N3O3/c1-11(2,7-15)14(3)10-12-8(16-4)6-9(13-10)17-5/h6,15H,7H2,1-5H3. The molecule has 0 spiro atoms. The van der Waals surface area contributed by atoms with Gasteiger partial charge < -0.3 is 19.5 Å². The Morgan fingerprint density at radius 1 is 1.24 bits per heavy atom. The van der Waals surface area contributed by atoms with Gasteiger partial charge >= 0.3 is 0 Å².